The van der Waals surface area contributed by atoms with Crippen LogP contribution in [0.2, 0.25) is 0 Å². The number of aromatic nitrogens is 2. The van der Waals surface area contributed by atoms with Crippen LogP contribution in [0.15, 0.2) is 48.5 Å². The first kappa shape index (κ1) is 16.1. The predicted molar refractivity (Wildman–Crippen MR) is 88.0 cm³/mol. The number of hydrogen-bond donors (Lipinski definition) is 1. The summed E-state index contributed by atoms with van der Waals surface area (Å²) in [4.78, 5) is 16.7. The average molecular weight is 329 g/mol. The summed E-state index contributed by atoms with van der Waals surface area (Å²) in [6, 6.07) is 13.2. The van der Waals surface area contributed by atoms with Crippen LogP contribution in [-0.2, 0) is 0 Å². The van der Waals surface area contributed by atoms with Crippen LogP contribution in [0.5, 0.6) is 0 Å². The van der Waals surface area contributed by atoms with Crippen LogP contribution in [0, 0.1) is 6.92 Å². The molecule has 1 N–H and O–H groups in total. The number of para-hydroxylation sites is 2. The molecular weight excluding hydrogens is 312 g/mol. The second-order valence-electron chi connectivity index (χ2n) is 5.62. The van der Waals surface area contributed by atoms with E-state index in [4.69, 9.17) is 0 Å². The maximum absolute atomic E-state index is 13.5. The first-order valence-electron chi connectivity index (χ1n) is 7.60. The third-order valence-electron chi connectivity index (χ3n) is 3.94. The molecule has 1 heterocycles. The van der Waals surface area contributed by atoms with Gasteiger partial charge in [-0.3, -0.25) is 9.36 Å². The molecule has 6 heteroatoms. The lowest BCUT2D eigenvalue weighted by Crippen LogP contribution is -2.29. The van der Waals surface area contributed by atoms with E-state index >= 15 is 0 Å². The van der Waals surface area contributed by atoms with Gasteiger partial charge in [-0.2, -0.15) is 8.78 Å². The van der Waals surface area contributed by atoms with Gasteiger partial charge in [0, 0.05) is 5.56 Å². The summed E-state index contributed by atoms with van der Waals surface area (Å²) in [5.41, 5.74) is 2.16. The van der Waals surface area contributed by atoms with E-state index < -0.39 is 12.6 Å². The molecule has 0 saturated carbocycles. The van der Waals surface area contributed by atoms with Crippen molar-refractivity contribution in [2.45, 2.75) is 26.4 Å². The van der Waals surface area contributed by atoms with Crippen LogP contribution in [0.3, 0.4) is 0 Å². The third-order valence-corrected chi connectivity index (χ3v) is 3.94. The van der Waals surface area contributed by atoms with Gasteiger partial charge in [-0.05, 0) is 37.6 Å². The maximum Gasteiger partial charge on any atom is 0.320 e. The minimum absolute atomic E-state index is 0.133. The molecule has 1 amide bonds. The fourth-order valence-corrected chi connectivity index (χ4v) is 2.74. The van der Waals surface area contributed by atoms with Gasteiger partial charge in [-0.1, -0.05) is 30.3 Å². The van der Waals surface area contributed by atoms with Gasteiger partial charge >= 0.3 is 6.55 Å². The lowest BCUT2D eigenvalue weighted by atomic mass is 10.1. The molecule has 1 aromatic heterocycles. The van der Waals surface area contributed by atoms with Gasteiger partial charge in [-0.25, -0.2) is 4.98 Å². The molecule has 0 spiro atoms. The standard InChI is InChI=1S/C18H17F2N3O/c1-11-7-3-4-8-13(11)17(24)21-12(2)16-22-14-9-5-6-10-15(14)23(16)18(19)20/h3-10,12,18H,1-2H3,(H,21,24)/t12-/m0/s1. The van der Waals surface area contributed by atoms with Gasteiger partial charge in [0.2, 0.25) is 0 Å². The first-order valence-corrected chi connectivity index (χ1v) is 7.60. The molecule has 4 nitrogen and oxygen atoms in total. The molecule has 0 unspecified atom stereocenters. The maximum atomic E-state index is 13.5. The monoisotopic (exact) mass is 329 g/mol. The van der Waals surface area contributed by atoms with Gasteiger partial charge in [-0.15, -0.1) is 0 Å². The normalized spacial score (nSPS) is 12.5. The molecule has 3 aromatic rings. The molecule has 0 aliphatic heterocycles. The number of carbonyl (C=O) groups is 1. The SMILES string of the molecule is Cc1ccccc1C(=O)N[C@@H](C)c1nc2ccccc2n1C(F)F. The molecule has 0 saturated heterocycles. The number of nitrogens with zero attached hydrogens (tertiary/aromatic N) is 2. The summed E-state index contributed by atoms with van der Waals surface area (Å²) < 4.78 is 27.8. The van der Waals surface area contributed by atoms with E-state index in [9.17, 15) is 13.6 Å². The van der Waals surface area contributed by atoms with E-state index in [1.165, 1.54) is 0 Å². The fourth-order valence-electron chi connectivity index (χ4n) is 2.74. The lowest BCUT2D eigenvalue weighted by Gasteiger charge is -2.16. The van der Waals surface area contributed by atoms with Crippen LogP contribution in [0.1, 0.15) is 41.3 Å². The molecule has 24 heavy (non-hydrogen) atoms. The number of fused-ring (bicyclic) bond motifs is 1. The van der Waals surface area contributed by atoms with E-state index in [1.54, 1.807) is 43.3 Å². The van der Waals surface area contributed by atoms with Crippen molar-refractivity contribution in [3.05, 3.63) is 65.5 Å². The largest absolute Gasteiger partial charge is 0.342 e. The second kappa shape index (κ2) is 6.39. The molecule has 0 fully saturated rings. The van der Waals surface area contributed by atoms with Crippen molar-refractivity contribution < 1.29 is 13.6 Å². The highest BCUT2D eigenvalue weighted by atomic mass is 19.3. The summed E-state index contributed by atoms with van der Waals surface area (Å²) in [5, 5.41) is 2.75. The van der Waals surface area contributed by atoms with Crippen LogP contribution in [0.4, 0.5) is 8.78 Å². The number of rotatable bonds is 4. The van der Waals surface area contributed by atoms with E-state index in [1.807, 2.05) is 19.1 Å². The molecule has 1 atom stereocenters. The fraction of sp³-hybridized carbons (Fsp3) is 0.222. The lowest BCUT2D eigenvalue weighted by molar-refractivity contribution is 0.0687. The van der Waals surface area contributed by atoms with Crippen molar-refractivity contribution in [1.82, 2.24) is 14.9 Å². The summed E-state index contributed by atoms with van der Waals surface area (Å²) in [6.45, 7) is 0.745. The van der Waals surface area contributed by atoms with Gasteiger partial charge in [0.15, 0.2) is 0 Å². The van der Waals surface area contributed by atoms with Crippen LogP contribution < -0.4 is 5.32 Å². The second-order valence-corrected chi connectivity index (χ2v) is 5.62. The number of carbonyl (C=O) groups excluding carboxylic acids is 1. The minimum Gasteiger partial charge on any atom is -0.342 e. The first-order chi connectivity index (χ1) is 11.5. The van der Waals surface area contributed by atoms with Gasteiger partial charge in [0.05, 0.1) is 17.1 Å². The van der Waals surface area contributed by atoms with Gasteiger partial charge < -0.3 is 5.32 Å². The Hall–Kier alpha value is -2.76. The van der Waals surface area contributed by atoms with Crippen molar-refractivity contribution in [2.75, 3.05) is 0 Å². The van der Waals surface area contributed by atoms with Crippen LogP contribution in [0.25, 0.3) is 11.0 Å². The number of imidazole rings is 1. The third kappa shape index (κ3) is 2.87. The van der Waals surface area contributed by atoms with E-state index in [-0.39, 0.29) is 11.7 Å². The Morgan fingerprint density at radius 2 is 1.79 bits per heavy atom. The number of nitrogens with one attached hydrogen (secondary N) is 1. The highest BCUT2D eigenvalue weighted by Gasteiger charge is 2.23. The van der Waals surface area contributed by atoms with Crippen molar-refractivity contribution in [3.63, 3.8) is 0 Å². The quantitative estimate of drug-likeness (QED) is 0.778. The Kier molecular flexibility index (Phi) is 4.29. The number of alkyl halides is 2. The van der Waals surface area contributed by atoms with Crippen molar-refractivity contribution in [2.24, 2.45) is 0 Å². The van der Waals surface area contributed by atoms with Gasteiger partial charge in [0.25, 0.3) is 5.91 Å². The van der Waals surface area contributed by atoms with Gasteiger partial charge in [0.1, 0.15) is 5.82 Å². The summed E-state index contributed by atoms with van der Waals surface area (Å²) >= 11 is 0. The Morgan fingerprint density at radius 3 is 2.50 bits per heavy atom. The summed E-state index contributed by atoms with van der Waals surface area (Å²) in [5.74, 6) is -0.179. The molecule has 0 radical (unpaired) electrons. The smallest absolute Gasteiger partial charge is 0.320 e. The van der Waals surface area contributed by atoms with E-state index in [2.05, 4.69) is 10.3 Å². The number of benzene rings is 2. The Morgan fingerprint density at radius 1 is 1.12 bits per heavy atom. The van der Waals surface area contributed by atoms with Crippen molar-refractivity contribution in [3.8, 4) is 0 Å². The van der Waals surface area contributed by atoms with Crippen LogP contribution >= 0.6 is 0 Å². The number of aryl methyl sites for hydroxylation is 1. The predicted octanol–water partition coefficient (Wildman–Crippen LogP) is 4.23. The summed E-state index contributed by atoms with van der Waals surface area (Å²) in [6.07, 6.45) is 0. The molecular formula is C18H17F2N3O. The topological polar surface area (TPSA) is 46.9 Å². The number of hydrogen-bond acceptors (Lipinski definition) is 2. The van der Waals surface area contributed by atoms with E-state index in [0.29, 0.717) is 16.6 Å². The Balaban J connectivity index is 1.94. The number of halogens is 2. The minimum atomic E-state index is -2.73. The zero-order chi connectivity index (χ0) is 17.3. The highest BCUT2D eigenvalue weighted by molar-refractivity contribution is 5.95. The van der Waals surface area contributed by atoms with E-state index in [0.717, 1.165) is 10.1 Å². The number of amides is 1. The molecule has 2 aromatic carbocycles. The Bertz CT molecular complexity index is 889. The zero-order valence-electron chi connectivity index (χ0n) is 13.3. The molecule has 0 aliphatic carbocycles. The van der Waals surface area contributed by atoms with Crippen LogP contribution in [-0.4, -0.2) is 15.5 Å². The average Bonchev–Trinajstić information content (AvgIpc) is 2.95. The molecule has 0 aliphatic rings. The highest BCUT2D eigenvalue weighted by Crippen LogP contribution is 2.26. The summed E-state index contributed by atoms with van der Waals surface area (Å²) in [7, 11) is 0. The van der Waals surface area contributed by atoms with Crippen molar-refractivity contribution >= 4 is 16.9 Å². The Labute approximate surface area is 138 Å². The molecule has 0 bridgehead atoms. The van der Waals surface area contributed by atoms with Crippen molar-refractivity contribution in [1.29, 1.82) is 0 Å². The molecule has 124 valence electrons. The molecule has 3 rings (SSSR count). The zero-order valence-corrected chi connectivity index (χ0v) is 13.3.